The van der Waals surface area contributed by atoms with Gasteiger partial charge in [-0.1, -0.05) is 34.1 Å². The summed E-state index contributed by atoms with van der Waals surface area (Å²) in [6, 6.07) is 7.01. The number of benzene rings is 1. The van der Waals surface area contributed by atoms with Crippen LogP contribution in [0, 0.1) is 0 Å². The number of nitrogens with one attached hydrogen (secondary N) is 1. The maximum atomic E-state index is 12.1. The number of rotatable bonds is 4. The average molecular weight is 314 g/mol. The van der Waals surface area contributed by atoms with Gasteiger partial charge in [0.05, 0.1) is 5.54 Å². The van der Waals surface area contributed by atoms with Gasteiger partial charge >= 0.3 is 0 Å². The fourth-order valence-corrected chi connectivity index (χ4v) is 1.80. The number of hydrogen-bond acceptors (Lipinski definition) is 3. The quantitative estimate of drug-likeness (QED) is 0.344. The van der Waals surface area contributed by atoms with Crippen LogP contribution in [0.25, 0.3) is 0 Å². The molecule has 0 aliphatic heterocycles. The van der Waals surface area contributed by atoms with Crippen molar-refractivity contribution >= 4 is 27.7 Å². The van der Waals surface area contributed by atoms with E-state index in [9.17, 15) is 4.79 Å². The Bertz CT molecular complexity index is 476. The summed E-state index contributed by atoms with van der Waals surface area (Å²) in [7, 11) is 0. The van der Waals surface area contributed by atoms with E-state index in [-0.39, 0.29) is 11.7 Å². The first-order valence-electron chi connectivity index (χ1n) is 5.49. The van der Waals surface area contributed by atoms with Crippen molar-refractivity contribution in [3.63, 3.8) is 0 Å². The summed E-state index contributed by atoms with van der Waals surface area (Å²) in [5, 5.41) is 14.5. The molecule has 0 spiro atoms. The van der Waals surface area contributed by atoms with Gasteiger partial charge in [-0.15, -0.1) is 0 Å². The number of carbonyl (C=O) groups excluding carboxylic acids is 1. The van der Waals surface area contributed by atoms with Crippen LogP contribution in [-0.2, 0) is 0 Å². The largest absolute Gasteiger partial charge is 0.409 e. The molecule has 4 N–H and O–H groups in total. The number of halogens is 1. The summed E-state index contributed by atoms with van der Waals surface area (Å²) in [4.78, 5) is 12.1. The summed E-state index contributed by atoms with van der Waals surface area (Å²) in [6.07, 6.45) is 0.517. The lowest BCUT2D eigenvalue weighted by molar-refractivity contribution is 0.0925. The number of oxime groups is 1. The van der Waals surface area contributed by atoms with Gasteiger partial charge in [0.2, 0.25) is 0 Å². The summed E-state index contributed by atoms with van der Waals surface area (Å²) < 4.78 is 0.817. The number of amides is 1. The maximum Gasteiger partial charge on any atom is 0.252 e. The average Bonchev–Trinajstić information content (AvgIpc) is 2.37. The molecule has 0 radical (unpaired) electrons. The van der Waals surface area contributed by atoms with E-state index in [1.54, 1.807) is 25.1 Å². The van der Waals surface area contributed by atoms with E-state index in [4.69, 9.17) is 10.9 Å². The van der Waals surface area contributed by atoms with Crippen LogP contribution < -0.4 is 11.1 Å². The molecule has 98 valence electrons. The molecule has 0 bridgehead atoms. The van der Waals surface area contributed by atoms with Gasteiger partial charge in [-0.2, -0.15) is 0 Å². The van der Waals surface area contributed by atoms with E-state index in [1.807, 2.05) is 13.0 Å². The highest BCUT2D eigenvalue weighted by molar-refractivity contribution is 9.10. The molecule has 0 heterocycles. The van der Waals surface area contributed by atoms with Crippen molar-refractivity contribution < 1.29 is 10.0 Å². The Kier molecular flexibility index (Phi) is 4.72. The van der Waals surface area contributed by atoms with Gasteiger partial charge in [0.25, 0.3) is 5.91 Å². The Balaban J connectivity index is 2.93. The second-order valence-electron chi connectivity index (χ2n) is 4.14. The third-order valence-corrected chi connectivity index (χ3v) is 3.35. The minimum absolute atomic E-state index is 0.0200. The van der Waals surface area contributed by atoms with Gasteiger partial charge in [0, 0.05) is 10.0 Å². The number of nitrogens with zero attached hydrogens (tertiary/aromatic N) is 1. The van der Waals surface area contributed by atoms with Gasteiger partial charge in [-0.25, -0.2) is 0 Å². The fourth-order valence-electron chi connectivity index (χ4n) is 1.40. The van der Waals surface area contributed by atoms with Gasteiger partial charge in [0.1, 0.15) is 0 Å². The molecular formula is C12H16BrN3O2. The van der Waals surface area contributed by atoms with Crippen molar-refractivity contribution in [3.05, 3.63) is 34.3 Å². The first-order valence-corrected chi connectivity index (χ1v) is 6.28. The van der Waals surface area contributed by atoms with E-state index >= 15 is 0 Å². The minimum Gasteiger partial charge on any atom is -0.409 e. The topological polar surface area (TPSA) is 87.7 Å². The van der Waals surface area contributed by atoms with E-state index in [1.165, 1.54) is 0 Å². The number of nitrogens with two attached hydrogens (primary N) is 1. The summed E-state index contributed by atoms with van der Waals surface area (Å²) >= 11 is 3.30. The number of amidine groups is 1. The van der Waals surface area contributed by atoms with Gasteiger partial charge < -0.3 is 16.3 Å². The highest BCUT2D eigenvalue weighted by Crippen LogP contribution is 2.14. The Morgan fingerprint density at radius 1 is 1.61 bits per heavy atom. The van der Waals surface area contributed by atoms with Crippen LogP contribution in [0.4, 0.5) is 0 Å². The van der Waals surface area contributed by atoms with E-state index in [2.05, 4.69) is 26.4 Å². The highest BCUT2D eigenvalue weighted by Gasteiger charge is 2.29. The Morgan fingerprint density at radius 3 is 2.78 bits per heavy atom. The monoisotopic (exact) mass is 313 g/mol. The lowest BCUT2D eigenvalue weighted by Gasteiger charge is -2.28. The lowest BCUT2D eigenvalue weighted by atomic mass is 9.97. The fraction of sp³-hybridized carbons (Fsp3) is 0.333. The lowest BCUT2D eigenvalue weighted by Crippen LogP contribution is -2.55. The standard InChI is InChI=1S/C12H16BrN3O2/c1-3-12(2,11(14)16-18)15-10(17)8-5-4-6-9(13)7-8/h4-7,18H,3H2,1-2H3,(H2,14,16)(H,15,17). The van der Waals surface area contributed by atoms with Crippen LogP contribution in [0.5, 0.6) is 0 Å². The van der Waals surface area contributed by atoms with Crippen LogP contribution in [0.2, 0.25) is 0 Å². The molecule has 1 aromatic carbocycles. The van der Waals surface area contributed by atoms with Gasteiger partial charge in [-0.05, 0) is 31.5 Å². The zero-order valence-corrected chi connectivity index (χ0v) is 11.9. The van der Waals surface area contributed by atoms with Crippen molar-refractivity contribution in [1.29, 1.82) is 0 Å². The molecule has 0 saturated heterocycles. The molecule has 18 heavy (non-hydrogen) atoms. The van der Waals surface area contributed by atoms with Crippen LogP contribution in [0.1, 0.15) is 30.6 Å². The van der Waals surface area contributed by atoms with Crippen molar-refractivity contribution in [3.8, 4) is 0 Å². The zero-order valence-electron chi connectivity index (χ0n) is 10.3. The number of carbonyl (C=O) groups is 1. The first kappa shape index (κ1) is 14.5. The van der Waals surface area contributed by atoms with Crippen molar-refractivity contribution in [2.75, 3.05) is 0 Å². The van der Waals surface area contributed by atoms with Crippen molar-refractivity contribution in [1.82, 2.24) is 5.32 Å². The predicted octanol–water partition coefficient (Wildman–Crippen LogP) is 2.09. The van der Waals surface area contributed by atoms with E-state index in [0.29, 0.717) is 12.0 Å². The Morgan fingerprint density at radius 2 is 2.28 bits per heavy atom. The van der Waals surface area contributed by atoms with Crippen LogP contribution in [0.15, 0.2) is 33.9 Å². The molecule has 5 nitrogen and oxygen atoms in total. The third kappa shape index (κ3) is 3.22. The molecule has 1 atom stereocenters. The summed E-state index contributed by atoms with van der Waals surface area (Å²) in [5.74, 6) is -0.291. The second-order valence-corrected chi connectivity index (χ2v) is 5.05. The van der Waals surface area contributed by atoms with Crippen molar-refractivity contribution in [2.24, 2.45) is 10.9 Å². The van der Waals surface area contributed by atoms with Crippen molar-refractivity contribution in [2.45, 2.75) is 25.8 Å². The van der Waals surface area contributed by atoms with Gasteiger partial charge in [0.15, 0.2) is 5.84 Å². The normalized spacial score (nSPS) is 14.9. The predicted molar refractivity (Wildman–Crippen MR) is 73.7 cm³/mol. The molecular weight excluding hydrogens is 298 g/mol. The second kappa shape index (κ2) is 5.86. The molecule has 6 heteroatoms. The van der Waals surface area contributed by atoms with E-state index in [0.717, 1.165) is 4.47 Å². The molecule has 0 aromatic heterocycles. The number of hydrogen-bond donors (Lipinski definition) is 3. The van der Waals surface area contributed by atoms with Crippen LogP contribution in [-0.4, -0.2) is 22.5 Å². The highest BCUT2D eigenvalue weighted by atomic mass is 79.9. The molecule has 0 saturated carbocycles. The summed E-state index contributed by atoms with van der Waals surface area (Å²) in [6.45, 7) is 3.55. The molecule has 0 aliphatic rings. The SMILES string of the molecule is CCC(C)(NC(=O)c1cccc(Br)c1)/C(N)=N/O. The molecule has 1 unspecified atom stereocenters. The molecule has 1 aromatic rings. The van der Waals surface area contributed by atoms with Crippen LogP contribution >= 0.6 is 15.9 Å². The Labute approximate surface area is 114 Å². The van der Waals surface area contributed by atoms with Crippen LogP contribution in [0.3, 0.4) is 0 Å². The third-order valence-electron chi connectivity index (χ3n) is 2.86. The summed E-state index contributed by atoms with van der Waals surface area (Å²) in [5.41, 5.74) is 5.24. The first-order chi connectivity index (χ1) is 8.42. The van der Waals surface area contributed by atoms with Gasteiger partial charge in [-0.3, -0.25) is 4.79 Å². The molecule has 1 amide bonds. The van der Waals surface area contributed by atoms with E-state index < -0.39 is 5.54 Å². The minimum atomic E-state index is -0.867. The zero-order chi connectivity index (χ0) is 13.8. The smallest absolute Gasteiger partial charge is 0.252 e. The molecule has 0 aliphatic carbocycles. The Hall–Kier alpha value is -1.56. The molecule has 1 rings (SSSR count). The molecule has 0 fully saturated rings. The maximum absolute atomic E-state index is 12.1.